The molecule has 0 spiro atoms. The lowest BCUT2D eigenvalue weighted by molar-refractivity contribution is -0.138. The maximum Gasteiger partial charge on any atom is 0.466 e. The third kappa shape index (κ3) is 12.6. The first kappa shape index (κ1) is 18.1. The monoisotopic (exact) mass is 273 g/mol. The summed E-state index contributed by atoms with van der Waals surface area (Å²) in [5.74, 6) is -1.00. The number of H-pyrrole nitrogens is 1. The van der Waals surface area contributed by atoms with Crippen molar-refractivity contribution in [2.24, 2.45) is 5.73 Å². The third-order valence-electron chi connectivity index (χ3n) is 1.31. The molecule has 1 aromatic heterocycles. The van der Waals surface area contributed by atoms with Crippen molar-refractivity contribution in [3.63, 3.8) is 0 Å². The first-order valence-electron chi connectivity index (χ1n) is 3.94. The Labute approximate surface area is 94.9 Å². The average molecular weight is 273 g/mol. The summed E-state index contributed by atoms with van der Waals surface area (Å²) < 4.78 is 8.88. The van der Waals surface area contributed by atoms with Gasteiger partial charge in [-0.1, -0.05) is 0 Å². The molecule has 0 saturated heterocycles. The van der Waals surface area contributed by atoms with Crippen molar-refractivity contribution in [2.75, 3.05) is 0 Å². The molecule has 0 aliphatic rings. The van der Waals surface area contributed by atoms with Gasteiger partial charge in [0.1, 0.15) is 6.04 Å². The minimum atomic E-state index is -4.64. The molecule has 1 rings (SSSR count). The molecule has 11 heteroatoms. The van der Waals surface area contributed by atoms with Gasteiger partial charge >= 0.3 is 13.8 Å². The summed E-state index contributed by atoms with van der Waals surface area (Å²) in [5, 5.41) is 8.42. The highest BCUT2D eigenvalue weighted by molar-refractivity contribution is 7.45. The second kappa shape index (κ2) is 7.87. The van der Waals surface area contributed by atoms with E-state index in [1.807, 2.05) is 0 Å². The van der Waals surface area contributed by atoms with E-state index in [0.29, 0.717) is 0 Å². The molecule has 0 amide bonds. The largest absolute Gasteiger partial charge is 0.480 e. The van der Waals surface area contributed by atoms with Crippen molar-refractivity contribution in [1.29, 1.82) is 0 Å². The van der Waals surface area contributed by atoms with Crippen LogP contribution >= 0.6 is 7.82 Å². The van der Waals surface area contributed by atoms with E-state index in [1.54, 1.807) is 6.20 Å². The van der Waals surface area contributed by atoms with Crippen molar-refractivity contribution in [3.05, 3.63) is 18.2 Å². The van der Waals surface area contributed by atoms with Gasteiger partial charge in [0, 0.05) is 18.3 Å². The van der Waals surface area contributed by atoms with Crippen LogP contribution in [-0.2, 0) is 15.8 Å². The molecule has 0 aliphatic heterocycles. The number of nitrogens with zero attached hydrogens (tertiary/aromatic N) is 1. The third-order valence-corrected chi connectivity index (χ3v) is 1.31. The molecular weight excluding hydrogens is 260 g/mol. The van der Waals surface area contributed by atoms with Gasteiger partial charge in [0.05, 0.1) is 6.33 Å². The number of nitrogens with one attached hydrogen (secondary N) is 1. The van der Waals surface area contributed by atoms with Gasteiger partial charge in [-0.15, -0.1) is 0 Å². The van der Waals surface area contributed by atoms with Gasteiger partial charge in [0.25, 0.3) is 0 Å². The molecule has 9 nitrogen and oxygen atoms in total. The molecule has 0 radical (unpaired) electrons. The van der Waals surface area contributed by atoms with Crippen LogP contribution in [-0.4, -0.2) is 41.8 Å². The van der Waals surface area contributed by atoms with Crippen LogP contribution in [0.5, 0.6) is 0 Å². The zero-order valence-corrected chi connectivity index (χ0v) is 9.32. The van der Waals surface area contributed by atoms with Crippen LogP contribution in [0, 0.1) is 0 Å². The Balaban J connectivity index is 0. The smallest absolute Gasteiger partial charge is 0.466 e. The molecule has 0 aliphatic carbocycles. The number of imidazole rings is 1. The number of hydrogen-bond donors (Lipinski definition) is 6. The highest BCUT2D eigenvalue weighted by atomic mass is 31.2. The van der Waals surface area contributed by atoms with Crippen molar-refractivity contribution < 1.29 is 33.9 Å². The number of phosphoric acid groups is 1. The number of nitrogens with two attached hydrogens (primary N) is 1. The standard InChI is InChI=1S/C6H9N3O2.FH.H3O4P/c7-5(6(10)11)1-4-2-8-3-9-4;;1-5(2,3)4/h2-3,5H,1,7H2,(H,8,9)(H,10,11);1H;(H3,1,2,3,4). The fourth-order valence-corrected chi connectivity index (χ4v) is 0.721. The fourth-order valence-electron chi connectivity index (χ4n) is 0.721. The van der Waals surface area contributed by atoms with Gasteiger partial charge in [-0.3, -0.25) is 9.50 Å². The second-order valence-electron chi connectivity index (χ2n) is 2.74. The van der Waals surface area contributed by atoms with Crippen LogP contribution in [0.2, 0.25) is 0 Å². The highest BCUT2D eigenvalue weighted by Gasteiger charge is 2.11. The molecule has 100 valence electrons. The normalized spacial score (nSPS) is 11.8. The van der Waals surface area contributed by atoms with Crippen LogP contribution in [0.15, 0.2) is 12.5 Å². The summed E-state index contributed by atoms with van der Waals surface area (Å²) in [6.45, 7) is 0. The number of aromatic amines is 1. The topological polar surface area (TPSA) is 170 Å². The summed E-state index contributed by atoms with van der Waals surface area (Å²) in [7, 11) is -4.64. The summed E-state index contributed by atoms with van der Waals surface area (Å²) in [4.78, 5) is 38.3. The zero-order chi connectivity index (χ0) is 12.8. The molecule has 1 atom stereocenters. The predicted octanol–water partition coefficient (Wildman–Crippen LogP) is -1.41. The van der Waals surface area contributed by atoms with Gasteiger partial charge in [-0.05, 0) is 0 Å². The van der Waals surface area contributed by atoms with Crippen LogP contribution in [0.3, 0.4) is 0 Å². The summed E-state index contributed by atoms with van der Waals surface area (Å²) >= 11 is 0. The van der Waals surface area contributed by atoms with Gasteiger partial charge in [-0.2, -0.15) is 0 Å². The maximum absolute atomic E-state index is 10.3. The Morgan fingerprint density at radius 3 is 2.29 bits per heavy atom. The minimum absolute atomic E-state index is 0. The van der Waals surface area contributed by atoms with E-state index >= 15 is 0 Å². The molecule has 1 aromatic rings. The van der Waals surface area contributed by atoms with Crippen LogP contribution in [0.1, 0.15) is 5.69 Å². The molecule has 0 fully saturated rings. The Hall–Kier alpha value is -1.32. The average Bonchev–Trinajstić information content (AvgIpc) is 2.53. The van der Waals surface area contributed by atoms with Crippen molar-refractivity contribution in [2.45, 2.75) is 12.5 Å². The SMILES string of the molecule is F.NC(Cc1cnc[nH]1)C(=O)O.O=P(O)(O)O. The van der Waals surface area contributed by atoms with E-state index in [0.717, 1.165) is 5.69 Å². The van der Waals surface area contributed by atoms with E-state index < -0.39 is 19.8 Å². The molecule has 0 bridgehead atoms. The number of aliphatic carboxylic acids is 1. The lowest BCUT2D eigenvalue weighted by atomic mass is 10.2. The second-order valence-corrected chi connectivity index (χ2v) is 3.77. The quantitative estimate of drug-likeness (QED) is 0.364. The first-order chi connectivity index (χ1) is 7.20. The molecular formula is C6H13FN3O6P. The predicted molar refractivity (Wildman–Crippen MR) is 54.7 cm³/mol. The molecule has 0 saturated carbocycles. The molecule has 1 unspecified atom stereocenters. The Morgan fingerprint density at radius 1 is 1.53 bits per heavy atom. The van der Waals surface area contributed by atoms with Crippen molar-refractivity contribution >= 4 is 13.8 Å². The molecule has 1 heterocycles. The van der Waals surface area contributed by atoms with E-state index in [2.05, 4.69) is 9.97 Å². The fraction of sp³-hybridized carbons (Fsp3) is 0.333. The number of carboxylic acids is 1. The summed E-state index contributed by atoms with van der Waals surface area (Å²) in [6, 6.07) is -0.851. The molecule has 7 N–H and O–H groups in total. The van der Waals surface area contributed by atoms with Gasteiger partial charge in [0.15, 0.2) is 0 Å². The number of rotatable bonds is 3. The number of carbonyl (C=O) groups is 1. The number of carboxylic acid groups (broad SMARTS) is 1. The molecule has 17 heavy (non-hydrogen) atoms. The zero-order valence-electron chi connectivity index (χ0n) is 8.42. The van der Waals surface area contributed by atoms with E-state index in [9.17, 15) is 4.79 Å². The van der Waals surface area contributed by atoms with E-state index in [4.69, 9.17) is 30.1 Å². The van der Waals surface area contributed by atoms with Crippen LogP contribution in [0.25, 0.3) is 0 Å². The minimum Gasteiger partial charge on any atom is -0.480 e. The number of halogens is 1. The van der Waals surface area contributed by atoms with E-state index in [-0.39, 0.29) is 11.1 Å². The van der Waals surface area contributed by atoms with Gasteiger partial charge in [0.2, 0.25) is 0 Å². The van der Waals surface area contributed by atoms with Gasteiger partial charge < -0.3 is 30.5 Å². The Bertz CT molecular complexity index is 358. The first-order valence-corrected chi connectivity index (χ1v) is 5.50. The van der Waals surface area contributed by atoms with Crippen LogP contribution < -0.4 is 5.73 Å². The summed E-state index contributed by atoms with van der Waals surface area (Å²) in [5.41, 5.74) is 6.00. The van der Waals surface area contributed by atoms with Gasteiger partial charge in [-0.25, -0.2) is 9.55 Å². The highest BCUT2D eigenvalue weighted by Crippen LogP contribution is 2.25. The lowest BCUT2D eigenvalue weighted by Gasteiger charge is -2.02. The van der Waals surface area contributed by atoms with E-state index in [1.165, 1.54) is 6.33 Å². The van der Waals surface area contributed by atoms with Crippen LogP contribution in [0.4, 0.5) is 4.70 Å². The maximum atomic E-state index is 10.3. The Kier molecular flexibility index (Phi) is 8.36. The van der Waals surface area contributed by atoms with Crippen molar-refractivity contribution in [3.8, 4) is 0 Å². The molecule has 0 aromatic carbocycles. The van der Waals surface area contributed by atoms with Crippen molar-refractivity contribution in [1.82, 2.24) is 9.97 Å². The Morgan fingerprint density at radius 2 is 2.00 bits per heavy atom. The summed E-state index contributed by atoms with van der Waals surface area (Å²) in [6.07, 6.45) is 3.34. The number of hydrogen-bond acceptors (Lipinski definition) is 4. The number of aromatic nitrogens is 2. The lowest BCUT2D eigenvalue weighted by Crippen LogP contribution is -2.32.